The molecule has 1 N–H and O–H groups in total. The van der Waals surface area contributed by atoms with Gasteiger partial charge in [-0.15, -0.1) is 0 Å². The van der Waals surface area contributed by atoms with Gasteiger partial charge in [0.15, 0.2) is 0 Å². The lowest BCUT2D eigenvalue weighted by molar-refractivity contribution is 0.0369. The van der Waals surface area contributed by atoms with Crippen molar-refractivity contribution in [3.05, 3.63) is 63.8 Å². The first kappa shape index (κ1) is 12.8. The molecule has 0 amide bonds. The number of benzene rings is 1. The molecule has 0 aliphatic rings. The third-order valence-electron chi connectivity index (χ3n) is 2.74. The average molecular weight is 265 g/mol. The van der Waals surface area contributed by atoms with Crippen LogP contribution in [0.15, 0.2) is 47.7 Å². The van der Waals surface area contributed by atoms with E-state index < -0.39 is 5.60 Å². The van der Waals surface area contributed by atoms with Gasteiger partial charge < -0.3 is 5.11 Å². The molecule has 1 atom stereocenters. The second kappa shape index (κ2) is 4.92. The Hall–Kier alpha value is -1.65. The zero-order valence-electron chi connectivity index (χ0n) is 9.88. The Kier molecular flexibility index (Phi) is 3.50. The first-order valence-electron chi connectivity index (χ1n) is 5.48. The maximum absolute atomic E-state index is 11.6. The number of aliphatic hydroxyl groups is 1. The van der Waals surface area contributed by atoms with Crippen LogP contribution >= 0.6 is 11.6 Å². The molecule has 5 heteroatoms. The zero-order chi connectivity index (χ0) is 13.2. The van der Waals surface area contributed by atoms with Crippen molar-refractivity contribution in [1.29, 1.82) is 0 Å². The van der Waals surface area contributed by atoms with E-state index in [1.165, 1.54) is 23.2 Å². The van der Waals surface area contributed by atoms with Gasteiger partial charge in [0, 0.05) is 17.3 Å². The van der Waals surface area contributed by atoms with Crippen molar-refractivity contribution >= 4 is 11.6 Å². The van der Waals surface area contributed by atoms with Crippen LogP contribution in [0.1, 0.15) is 12.5 Å². The summed E-state index contributed by atoms with van der Waals surface area (Å²) in [6.07, 6.45) is 2.84. The van der Waals surface area contributed by atoms with E-state index in [2.05, 4.69) is 4.98 Å². The van der Waals surface area contributed by atoms with E-state index in [1.54, 1.807) is 31.2 Å². The number of hydrogen-bond acceptors (Lipinski definition) is 3. The molecule has 0 bridgehead atoms. The van der Waals surface area contributed by atoms with Crippen LogP contribution in [0, 0.1) is 0 Å². The molecule has 0 radical (unpaired) electrons. The number of hydrogen-bond donors (Lipinski definition) is 1. The van der Waals surface area contributed by atoms with Crippen LogP contribution < -0.4 is 5.56 Å². The summed E-state index contributed by atoms with van der Waals surface area (Å²) < 4.78 is 1.37. The van der Waals surface area contributed by atoms with E-state index in [-0.39, 0.29) is 12.1 Å². The zero-order valence-corrected chi connectivity index (χ0v) is 10.6. The van der Waals surface area contributed by atoms with Gasteiger partial charge in [-0.3, -0.25) is 9.36 Å². The van der Waals surface area contributed by atoms with E-state index in [0.29, 0.717) is 10.6 Å². The van der Waals surface area contributed by atoms with E-state index in [9.17, 15) is 9.90 Å². The quantitative estimate of drug-likeness (QED) is 0.920. The van der Waals surface area contributed by atoms with Crippen LogP contribution in [0.2, 0.25) is 5.02 Å². The predicted octanol–water partition coefficient (Wildman–Crippen LogP) is 1.80. The summed E-state index contributed by atoms with van der Waals surface area (Å²) in [4.78, 5) is 15.4. The van der Waals surface area contributed by atoms with Gasteiger partial charge in [0.1, 0.15) is 5.60 Å². The minimum atomic E-state index is -1.16. The highest BCUT2D eigenvalue weighted by molar-refractivity contribution is 6.30. The number of rotatable bonds is 3. The van der Waals surface area contributed by atoms with Crippen molar-refractivity contribution in [3.8, 4) is 0 Å². The fourth-order valence-electron chi connectivity index (χ4n) is 1.73. The van der Waals surface area contributed by atoms with Crippen LogP contribution in [-0.2, 0) is 12.1 Å². The van der Waals surface area contributed by atoms with E-state index >= 15 is 0 Å². The lowest BCUT2D eigenvalue weighted by atomic mass is 9.96. The Morgan fingerprint density at radius 3 is 2.61 bits per heavy atom. The van der Waals surface area contributed by atoms with Crippen LogP contribution in [0.25, 0.3) is 0 Å². The van der Waals surface area contributed by atoms with E-state index in [4.69, 9.17) is 11.6 Å². The number of aromatic nitrogens is 2. The second-order valence-corrected chi connectivity index (χ2v) is 4.76. The molecule has 0 aliphatic carbocycles. The maximum Gasteiger partial charge on any atom is 0.253 e. The van der Waals surface area contributed by atoms with E-state index in [1.807, 2.05) is 0 Å². The second-order valence-electron chi connectivity index (χ2n) is 4.33. The first-order valence-corrected chi connectivity index (χ1v) is 5.86. The Bertz CT molecular complexity index is 590. The molecular weight excluding hydrogens is 252 g/mol. The van der Waals surface area contributed by atoms with Gasteiger partial charge in [-0.1, -0.05) is 23.7 Å². The molecule has 1 aromatic carbocycles. The Balaban J connectivity index is 2.30. The van der Waals surface area contributed by atoms with Gasteiger partial charge in [-0.05, 0) is 24.6 Å². The standard InChI is InChI=1S/C13H13ClN2O2/c1-13(18,10-2-4-11(14)5-3-10)8-16-9-15-7-6-12(16)17/h2-7,9,18H,8H2,1H3. The highest BCUT2D eigenvalue weighted by atomic mass is 35.5. The van der Waals surface area contributed by atoms with Crippen molar-refractivity contribution in [1.82, 2.24) is 9.55 Å². The molecule has 4 nitrogen and oxygen atoms in total. The van der Waals surface area contributed by atoms with Crippen LogP contribution in [0.4, 0.5) is 0 Å². The summed E-state index contributed by atoms with van der Waals surface area (Å²) in [5, 5.41) is 11.0. The van der Waals surface area contributed by atoms with Crippen molar-refractivity contribution in [2.45, 2.75) is 19.1 Å². The third-order valence-corrected chi connectivity index (χ3v) is 2.99. The van der Waals surface area contributed by atoms with Crippen LogP contribution in [0.3, 0.4) is 0 Å². The molecule has 2 rings (SSSR count). The summed E-state index contributed by atoms with van der Waals surface area (Å²) in [6.45, 7) is 1.79. The van der Waals surface area contributed by atoms with Crippen molar-refractivity contribution in [2.24, 2.45) is 0 Å². The molecule has 2 aromatic rings. The summed E-state index contributed by atoms with van der Waals surface area (Å²) in [7, 11) is 0. The topological polar surface area (TPSA) is 55.1 Å². The SMILES string of the molecule is CC(O)(Cn1cnccc1=O)c1ccc(Cl)cc1. The van der Waals surface area contributed by atoms with Crippen molar-refractivity contribution in [3.63, 3.8) is 0 Å². The molecule has 0 saturated carbocycles. The largest absolute Gasteiger partial charge is 0.384 e. The van der Waals surface area contributed by atoms with Crippen LogP contribution in [0.5, 0.6) is 0 Å². The summed E-state index contributed by atoms with van der Waals surface area (Å²) in [5.74, 6) is 0. The Morgan fingerprint density at radius 1 is 1.33 bits per heavy atom. The van der Waals surface area contributed by atoms with Gasteiger partial charge in [0.2, 0.25) is 0 Å². The molecule has 94 valence electrons. The number of nitrogens with zero attached hydrogens (tertiary/aromatic N) is 2. The minimum Gasteiger partial charge on any atom is -0.384 e. The van der Waals surface area contributed by atoms with Gasteiger partial charge in [0.05, 0.1) is 12.9 Å². The maximum atomic E-state index is 11.6. The van der Waals surface area contributed by atoms with Gasteiger partial charge >= 0.3 is 0 Å². The predicted molar refractivity (Wildman–Crippen MR) is 69.5 cm³/mol. The van der Waals surface area contributed by atoms with Crippen LogP contribution in [-0.4, -0.2) is 14.7 Å². The third kappa shape index (κ3) is 2.78. The molecule has 18 heavy (non-hydrogen) atoms. The van der Waals surface area contributed by atoms with Crippen molar-refractivity contribution in [2.75, 3.05) is 0 Å². The highest BCUT2D eigenvalue weighted by Gasteiger charge is 2.24. The van der Waals surface area contributed by atoms with Gasteiger partial charge in [-0.2, -0.15) is 0 Å². The fourth-order valence-corrected chi connectivity index (χ4v) is 1.86. The smallest absolute Gasteiger partial charge is 0.253 e. The molecule has 0 saturated heterocycles. The normalized spacial score (nSPS) is 14.2. The Morgan fingerprint density at radius 2 is 2.00 bits per heavy atom. The monoisotopic (exact) mass is 264 g/mol. The molecule has 0 aliphatic heterocycles. The lowest BCUT2D eigenvalue weighted by Crippen LogP contribution is -2.33. The molecule has 0 spiro atoms. The molecule has 1 aromatic heterocycles. The summed E-state index contributed by atoms with van der Waals surface area (Å²) >= 11 is 5.80. The molecule has 1 heterocycles. The van der Waals surface area contributed by atoms with Gasteiger partial charge in [-0.25, -0.2) is 4.98 Å². The molecule has 1 unspecified atom stereocenters. The average Bonchev–Trinajstić information content (AvgIpc) is 2.32. The minimum absolute atomic E-state index is 0.140. The molecule has 0 fully saturated rings. The summed E-state index contributed by atoms with van der Waals surface area (Å²) in [6, 6.07) is 8.25. The highest BCUT2D eigenvalue weighted by Crippen LogP contribution is 2.23. The van der Waals surface area contributed by atoms with E-state index in [0.717, 1.165) is 0 Å². The lowest BCUT2D eigenvalue weighted by Gasteiger charge is -2.24. The van der Waals surface area contributed by atoms with Crippen molar-refractivity contribution < 1.29 is 5.11 Å². The summed E-state index contributed by atoms with van der Waals surface area (Å²) in [5.41, 5.74) is -0.654. The fraction of sp³-hybridized carbons (Fsp3) is 0.231. The Labute approximate surface area is 109 Å². The first-order chi connectivity index (χ1) is 8.49. The van der Waals surface area contributed by atoms with Gasteiger partial charge in [0.25, 0.3) is 5.56 Å². The molecular formula is C13H13ClN2O2. The number of halogens is 1.